The van der Waals surface area contributed by atoms with Crippen LogP contribution in [0.2, 0.25) is 0 Å². The Morgan fingerprint density at radius 2 is 1.40 bits per heavy atom. The second kappa shape index (κ2) is 6.88. The third kappa shape index (κ3) is 3.45. The Balaban J connectivity index is 1.66. The average molecular weight is 346 g/mol. The number of carbonyl (C=O) groups excluding carboxylic acids is 2. The maximum absolute atomic E-state index is 13.7. The number of phenols is 1. The van der Waals surface area contributed by atoms with Gasteiger partial charge in [0, 0.05) is 32.2 Å². The molecular formula is C18H16F2N2O3. The van der Waals surface area contributed by atoms with Crippen molar-refractivity contribution in [1.29, 1.82) is 0 Å². The van der Waals surface area contributed by atoms with Gasteiger partial charge in [-0.15, -0.1) is 0 Å². The summed E-state index contributed by atoms with van der Waals surface area (Å²) in [6.45, 7) is 0.993. The Labute approximate surface area is 143 Å². The second-order valence-electron chi connectivity index (χ2n) is 5.73. The molecule has 0 aromatic heterocycles. The molecule has 2 aromatic rings. The smallest absolute Gasteiger partial charge is 0.257 e. The average Bonchev–Trinajstić information content (AvgIpc) is 2.61. The Morgan fingerprint density at radius 1 is 0.840 bits per heavy atom. The molecule has 5 nitrogen and oxygen atoms in total. The lowest BCUT2D eigenvalue weighted by molar-refractivity contribution is 0.0531. The van der Waals surface area contributed by atoms with E-state index in [0.29, 0.717) is 6.07 Å². The number of phenolic OH excluding ortho intramolecular Hbond substituents is 1. The number of rotatable bonds is 2. The standard InChI is InChI=1S/C18H16F2N2O3/c19-12-5-6-13(15(20)11-12)17(24)21-7-9-22(10-8-21)18(25)14-3-1-2-4-16(14)23/h1-6,11,23H,7-10H2. The van der Waals surface area contributed by atoms with Crippen molar-refractivity contribution in [2.45, 2.75) is 0 Å². The summed E-state index contributed by atoms with van der Waals surface area (Å²) in [4.78, 5) is 27.7. The summed E-state index contributed by atoms with van der Waals surface area (Å²) in [6.07, 6.45) is 0. The molecule has 0 atom stereocenters. The Morgan fingerprint density at radius 3 is 1.96 bits per heavy atom. The largest absolute Gasteiger partial charge is 0.507 e. The van der Waals surface area contributed by atoms with E-state index >= 15 is 0 Å². The van der Waals surface area contributed by atoms with Crippen LogP contribution in [0.4, 0.5) is 8.78 Å². The van der Waals surface area contributed by atoms with E-state index in [-0.39, 0.29) is 49.0 Å². The van der Waals surface area contributed by atoms with Crippen molar-refractivity contribution >= 4 is 11.8 Å². The first kappa shape index (κ1) is 16.9. The summed E-state index contributed by atoms with van der Waals surface area (Å²) in [7, 11) is 0. The van der Waals surface area contributed by atoms with Crippen molar-refractivity contribution in [1.82, 2.24) is 9.80 Å². The van der Waals surface area contributed by atoms with Gasteiger partial charge < -0.3 is 14.9 Å². The molecule has 2 aromatic carbocycles. The van der Waals surface area contributed by atoms with Crippen LogP contribution in [0.3, 0.4) is 0 Å². The highest BCUT2D eigenvalue weighted by molar-refractivity contribution is 5.97. The zero-order chi connectivity index (χ0) is 18.0. The molecule has 1 aliphatic heterocycles. The number of hydrogen-bond donors (Lipinski definition) is 1. The first-order valence-electron chi connectivity index (χ1n) is 7.79. The Bertz CT molecular complexity index is 818. The van der Waals surface area contributed by atoms with Crippen LogP contribution in [0.15, 0.2) is 42.5 Å². The lowest BCUT2D eigenvalue weighted by atomic mass is 10.1. The quantitative estimate of drug-likeness (QED) is 0.907. The first-order chi connectivity index (χ1) is 12.0. The van der Waals surface area contributed by atoms with Crippen LogP contribution in [0.1, 0.15) is 20.7 Å². The number of hydrogen-bond acceptors (Lipinski definition) is 3. The van der Waals surface area contributed by atoms with Crippen LogP contribution in [0.5, 0.6) is 5.75 Å². The fourth-order valence-electron chi connectivity index (χ4n) is 2.77. The van der Waals surface area contributed by atoms with Crippen molar-refractivity contribution in [2.24, 2.45) is 0 Å². The maximum Gasteiger partial charge on any atom is 0.257 e. The summed E-state index contributed by atoms with van der Waals surface area (Å²) < 4.78 is 26.7. The minimum absolute atomic E-state index is 0.0978. The molecule has 3 rings (SSSR count). The van der Waals surface area contributed by atoms with Gasteiger partial charge in [-0.1, -0.05) is 12.1 Å². The minimum Gasteiger partial charge on any atom is -0.507 e. The van der Waals surface area contributed by atoms with E-state index in [1.807, 2.05) is 0 Å². The topological polar surface area (TPSA) is 60.9 Å². The number of aromatic hydroxyl groups is 1. The highest BCUT2D eigenvalue weighted by Crippen LogP contribution is 2.19. The summed E-state index contributed by atoms with van der Waals surface area (Å²) >= 11 is 0. The molecule has 1 heterocycles. The highest BCUT2D eigenvalue weighted by Gasteiger charge is 2.27. The van der Waals surface area contributed by atoms with Crippen LogP contribution in [0.25, 0.3) is 0 Å². The van der Waals surface area contributed by atoms with Gasteiger partial charge in [0.25, 0.3) is 11.8 Å². The SMILES string of the molecule is O=C(c1ccccc1O)N1CCN(C(=O)c2ccc(F)cc2F)CC1. The van der Waals surface area contributed by atoms with Crippen molar-refractivity contribution in [3.05, 3.63) is 65.2 Å². The summed E-state index contributed by atoms with van der Waals surface area (Å²) in [6, 6.07) is 9.07. The second-order valence-corrected chi connectivity index (χ2v) is 5.73. The predicted octanol–water partition coefficient (Wildman–Crippen LogP) is 2.27. The van der Waals surface area contributed by atoms with Gasteiger partial charge in [-0.05, 0) is 24.3 Å². The van der Waals surface area contributed by atoms with E-state index in [0.717, 1.165) is 12.1 Å². The Hall–Kier alpha value is -2.96. The lowest BCUT2D eigenvalue weighted by Crippen LogP contribution is -2.50. The van der Waals surface area contributed by atoms with Gasteiger partial charge in [-0.2, -0.15) is 0 Å². The predicted molar refractivity (Wildman–Crippen MR) is 86.3 cm³/mol. The molecule has 0 aliphatic carbocycles. The molecule has 1 fully saturated rings. The van der Waals surface area contributed by atoms with Crippen LogP contribution >= 0.6 is 0 Å². The molecule has 1 saturated heterocycles. The van der Waals surface area contributed by atoms with E-state index in [1.165, 1.54) is 21.9 Å². The summed E-state index contributed by atoms with van der Waals surface area (Å²) in [5.74, 6) is -2.60. The number of piperazine rings is 1. The molecule has 0 bridgehead atoms. The van der Waals surface area contributed by atoms with Gasteiger partial charge in [0.2, 0.25) is 0 Å². The lowest BCUT2D eigenvalue weighted by Gasteiger charge is -2.35. The number of carbonyl (C=O) groups is 2. The zero-order valence-electron chi connectivity index (χ0n) is 13.3. The summed E-state index contributed by atoms with van der Waals surface area (Å²) in [5.41, 5.74) is 0.00809. The monoisotopic (exact) mass is 346 g/mol. The zero-order valence-corrected chi connectivity index (χ0v) is 13.3. The van der Waals surface area contributed by atoms with Crippen molar-refractivity contribution in [3.63, 3.8) is 0 Å². The first-order valence-corrected chi connectivity index (χ1v) is 7.79. The third-order valence-electron chi connectivity index (χ3n) is 4.15. The van der Waals surface area contributed by atoms with Gasteiger partial charge in [-0.3, -0.25) is 9.59 Å². The van der Waals surface area contributed by atoms with Crippen molar-refractivity contribution < 1.29 is 23.5 Å². The molecule has 1 aliphatic rings. The van der Waals surface area contributed by atoms with Gasteiger partial charge in [0.1, 0.15) is 17.4 Å². The highest BCUT2D eigenvalue weighted by atomic mass is 19.1. The van der Waals surface area contributed by atoms with Crippen LogP contribution < -0.4 is 0 Å². The van der Waals surface area contributed by atoms with Gasteiger partial charge in [0.15, 0.2) is 0 Å². The molecule has 2 amide bonds. The third-order valence-corrected chi connectivity index (χ3v) is 4.15. The van der Waals surface area contributed by atoms with E-state index in [1.54, 1.807) is 12.1 Å². The molecule has 25 heavy (non-hydrogen) atoms. The minimum atomic E-state index is -0.905. The number of nitrogens with zero attached hydrogens (tertiary/aromatic N) is 2. The number of halogens is 2. The molecule has 0 saturated carbocycles. The molecule has 7 heteroatoms. The van der Waals surface area contributed by atoms with E-state index in [2.05, 4.69) is 0 Å². The van der Waals surface area contributed by atoms with E-state index in [4.69, 9.17) is 0 Å². The van der Waals surface area contributed by atoms with Gasteiger partial charge >= 0.3 is 0 Å². The van der Waals surface area contributed by atoms with Crippen LogP contribution in [-0.4, -0.2) is 52.9 Å². The summed E-state index contributed by atoms with van der Waals surface area (Å²) in [5, 5.41) is 9.77. The van der Waals surface area contributed by atoms with Crippen molar-refractivity contribution in [2.75, 3.05) is 26.2 Å². The van der Waals surface area contributed by atoms with Crippen LogP contribution in [-0.2, 0) is 0 Å². The number of para-hydroxylation sites is 1. The molecule has 1 N–H and O–H groups in total. The molecule has 130 valence electrons. The molecule has 0 spiro atoms. The molecule has 0 unspecified atom stereocenters. The van der Waals surface area contributed by atoms with Gasteiger partial charge in [-0.25, -0.2) is 8.78 Å². The number of amides is 2. The maximum atomic E-state index is 13.7. The van der Waals surface area contributed by atoms with E-state index in [9.17, 15) is 23.5 Å². The van der Waals surface area contributed by atoms with E-state index < -0.39 is 17.5 Å². The van der Waals surface area contributed by atoms with Crippen molar-refractivity contribution in [3.8, 4) is 5.75 Å². The molecular weight excluding hydrogens is 330 g/mol. The normalized spacial score (nSPS) is 14.5. The fraction of sp³-hybridized carbons (Fsp3) is 0.222. The Kier molecular flexibility index (Phi) is 4.65. The number of benzene rings is 2. The molecule has 0 radical (unpaired) electrons. The van der Waals surface area contributed by atoms with Crippen LogP contribution in [0, 0.1) is 11.6 Å². The fourth-order valence-corrected chi connectivity index (χ4v) is 2.77. The van der Waals surface area contributed by atoms with Gasteiger partial charge in [0.05, 0.1) is 11.1 Å².